The molecule has 0 saturated carbocycles. The van der Waals surface area contributed by atoms with E-state index >= 15 is 0 Å². The minimum atomic E-state index is 0. The molecule has 2 heteroatoms. The molecular weight excluding hydrogens is 231 g/mol. The van der Waals surface area contributed by atoms with Crippen molar-refractivity contribution in [1.82, 2.24) is 0 Å². The van der Waals surface area contributed by atoms with Crippen LogP contribution in [0.3, 0.4) is 0 Å². The van der Waals surface area contributed by atoms with Crippen molar-refractivity contribution in [3.05, 3.63) is 22.4 Å². The second-order valence-electron chi connectivity index (χ2n) is 5.06. The van der Waals surface area contributed by atoms with Gasteiger partial charge in [-0.25, -0.2) is 0 Å². The minimum absolute atomic E-state index is 0. The van der Waals surface area contributed by atoms with E-state index in [1.54, 1.807) is 0 Å². The summed E-state index contributed by atoms with van der Waals surface area (Å²) in [6.45, 7) is 2.29. The summed E-state index contributed by atoms with van der Waals surface area (Å²) in [5.41, 5.74) is 1.54. The summed E-state index contributed by atoms with van der Waals surface area (Å²) in [6, 6.07) is 2.26. The van der Waals surface area contributed by atoms with Crippen LogP contribution >= 0.6 is 11.3 Å². The van der Waals surface area contributed by atoms with Crippen LogP contribution in [0.2, 0.25) is 0 Å². The van der Waals surface area contributed by atoms with Crippen LogP contribution < -0.4 is 0 Å². The summed E-state index contributed by atoms with van der Waals surface area (Å²) in [5, 5.41) is 4.47. The maximum atomic E-state index is 2.29. The maximum Gasteiger partial charge on any atom is 0 e. The van der Waals surface area contributed by atoms with Gasteiger partial charge in [0.05, 0.1) is 0 Å². The SMILES string of the molecule is CCCCCCCCCCCCc1ccsc1.[Li]. The standard InChI is InChI=1S/C16H28S.Li/c1-2-3-4-5-6-7-8-9-10-11-12-16-13-14-17-15-16;/h13-15H,2-12H2,1H3;. The quantitative estimate of drug-likeness (QED) is 0.346. The van der Waals surface area contributed by atoms with E-state index in [1.165, 1.54) is 76.2 Å². The molecule has 0 amide bonds. The van der Waals surface area contributed by atoms with Gasteiger partial charge < -0.3 is 0 Å². The summed E-state index contributed by atoms with van der Waals surface area (Å²) in [4.78, 5) is 0. The molecule has 0 bridgehead atoms. The molecule has 1 rings (SSSR count). The molecule has 0 aliphatic rings. The van der Waals surface area contributed by atoms with Crippen molar-refractivity contribution in [2.75, 3.05) is 0 Å². The number of hydrogen-bond acceptors (Lipinski definition) is 1. The monoisotopic (exact) mass is 259 g/mol. The fraction of sp³-hybridized carbons (Fsp3) is 0.750. The third kappa shape index (κ3) is 10.2. The number of unbranched alkanes of at least 4 members (excludes halogenated alkanes) is 9. The molecule has 0 atom stereocenters. The van der Waals surface area contributed by atoms with E-state index in [0.717, 1.165) is 0 Å². The second kappa shape index (κ2) is 13.7. The van der Waals surface area contributed by atoms with Crippen LogP contribution in [0.25, 0.3) is 0 Å². The van der Waals surface area contributed by atoms with Crippen LogP contribution in [0, 0.1) is 0 Å². The van der Waals surface area contributed by atoms with E-state index in [2.05, 4.69) is 23.8 Å². The van der Waals surface area contributed by atoms with Crippen LogP contribution in [0.4, 0.5) is 0 Å². The van der Waals surface area contributed by atoms with Crippen molar-refractivity contribution in [3.63, 3.8) is 0 Å². The van der Waals surface area contributed by atoms with Crippen molar-refractivity contribution in [2.24, 2.45) is 0 Å². The molecule has 99 valence electrons. The Balaban J connectivity index is 0.00000289. The average Bonchev–Trinajstić information content (AvgIpc) is 2.85. The molecule has 0 spiro atoms. The van der Waals surface area contributed by atoms with Gasteiger partial charge in [-0.1, -0.05) is 64.7 Å². The van der Waals surface area contributed by atoms with Gasteiger partial charge in [0.2, 0.25) is 0 Å². The molecule has 1 aromatic heterocycles. The summed E-state index contributed by atoms with van der Waals surface area (Å²) in [5.74, 6) is 0. The Morgan fingerprint density at radius 2 is 1.39 bits per heavy atom. The Hall–Kier alpha value is 0.297. The van der Waals surface area contributed by atoms with Gasteiger partial charge in [-0.2, -0.15) is 11.3 Å². The molecule has 1 aromatic rings. The van der Waals surface area contributed by atoms with Crippen molar-refractivity contribution in [2.45, 2.75) is 77.6 Å². The van der Waals surface area contributed by atoms with Crippen molar-refractivity contribution < 1.29 is 0 Å². The maximum absolute atomic E-state index is 2.29. The second-order valence-corrected chi connectivity index (χ2v) is 5.84. The average molecular weight is 259 g/mol. The molecule has 1 radical (unpaired) electrons. The number of thiophene rings is 1. The minimum Gasteiger partial charge on any atom is -0.152 e. The first-order valence-corrected chi connectivity index (χ1v) is 8.39. The Kier molecular flexibility index (Phi) is 13.9. The van der Waals surface area contributed by atoms with Crippen molar-refractivity contribution in [1.29, 1.82) is 0 Å². The molecule has 0 fully saturated rings. The van der Waals surface area contributed by atoms with E-state index < -0.39 is 0 Å². The summed E-state index contributed by atoms with van der Waals surface area (Å²) in [6.07, 6.45) is 15.6. The third-order valence-corrected chi connectivity index (χ3v) is 4.13. The first-order chi connectivity index (χ1) is 8.43. The predicted octanol–water partition coefficient (Wildman–Crippen LogP) is 5.83. The molecular formula is C16H28LiS. The van der Waals surface area contributed by atoms with E-state index in [4.69, 9.17) is 0 Å². The molecule has 0 N–H and O–H groups in total. The molecule has 1 heterocycles. The van der Waals surface area contributed by atoms with Gasteiger partial charge in [-0.15, -0.1) is 0 Å². The van der Waals surface area contributed by atoms with Crippen LogP contribution in [-0.4, -0.2) is 18.9 Å². The molecule has 0 aliphatic heterocycles. The zero-order valence-electron chi connectivity index (χ0n) is 12.4. The van der Waals surface area contributed by atoms with Crippen LogP contribution in [-0.2, 0) is 6.42 Å². The largest absolute Gasteiger partial charge is 0.152 e. The Morgan fingerprint density at radius 1 is 0.833 bits per heavy atom. The number of aryl methyl sites for hydroxylation is 1. The molecule has 0 saturated heterocycles. The molecule has 0 aliphatic carbocycles. The van der Waals surface area contributed by atoms with Gasteiger partial charge >= 0.3 is 0 Å². The first-order valence-electron chi connectivity index (χ1n) is 7.44. The van der Waals surface area contributed by atoms with E-state index in [0.29, 0.717) is 0 Å². The topological polar surface area (TPSA) is 0 Å². The molecule has 18 heavy (non-hydrogen) atoms. The first kappa shape index (κ1) is 18.3. The summed E-state index contributed by atoms with van der Waals surface area (Å²) >= 11 is 1.82. The van der Waals surface area contributed by atoms with Gasteiger partial charge in [0.15, 0.2) is 0 Å². The van der Waals surface area contributed by atoms with E-state index in [-0.39, 0.29) is 18.9 Å². The molecule has 0 aromatic carbocycles. The van der Waals surface area contributed by atoms with E-state index in [9.17, 15) is 0 Å². The molecule has 0 unspecified atom stereocenters. The predicted molar refractivity (Wildman–Crippen MR) is 85.6 cm³/mol. The Labute approximate surface area is 130 Å². The van der Waals surface area contributed by atoms with E-state index in [1.807, 2.05) is 11.3 Å². The number of rotatable bonds is 11. The van der Waals surface area contributed by atoms with Crippen molar-refractivity contribution >= 4 is 30.2 Å². The summed E-state index contributed by atoms with van der Waals surface area (Å²) < 4.78 is 0. The van der Waals surface area contributed by atoms with Gasteiger partial charge in [-0.3, -0.25) is 0 Å². The number of hydrogen-bond donors (Lipinski definition) is 0. The Bertz CT molecular complexity index is 244. The van der Waals surface area contributed by atoms with Gasteiger partial charge in [0, 0.05) is 18.9 Å². The van der Waals surface area contributed by atoms with Crippen LogP contribution in [0.15, 0.2) is 16.8 Å². The van der Waals surface area contributed by atoms with Crippen molar-refractivity contribution in [3.8, 4) is 0 Å². The van der Waals surface area contributed by atoms with Gasteiger partial charge in [-0.05, 0) is 35.2 Å². The Morgan fingerprint density at radius 3 is 1.89 bits per heavy atom. The summed E-state index contributed by atoms with van der Waals surface area (Å²) in [7, 11) is 0. The fourth-order valence-electron chi connectivity index (χ4n) is 2.25. The fourth-order valence-corrected chi connectivity index (χ4v) is 2.95. The molecule has 0 nitrogen and oxygen atoms in total. The normalized spacial score (nSPS) is 10.3. The van der Waals surface area contributed by atoms with Crippen LogP contribution in [0.5, 0.6) is 0 Å². The smallest absolute Gasteiger partial charge is 0 e. The van der Waals surface area contributed by atoms with Gasteiger partial charge in [0.25, 0.3) is 0 Å². The third-order valence-electron chi connectivity index (χ3n) is 3.40. The zero-order chi connectivity index (χ0) is 12.2. The van der Waals surface area contributed by atoms with Crippen LogP contribution in [0.1, 0.15) is 76.7 Å². The van der Waals surface area contributed by atoms with Gasteiger partial charge in [0.1, 0.15) is 0 Å². The zero-order valence-corrected chi connectivity index (χ0v) is 13.2.